The number of aliphatic carboxylic acids is 1. The molecule has 0 unspecified atom stereocenters. The van der Waals surface area contributed by atoms with Crippen LogP contribution in [-0.4, -0.2) is 51.4 Å². The number of amides is 2. The normalized spacial score (nSPS) is 18.8. The van der Waals surface area contributed by atoms with Gasteiger partial charge in [-0.2, -0.15) is 0 Å². The summed E-state index contributed by atoms with van der Waals surface area (Å²) in [6.07, 6.45) is 2.39. The molecule has 2 heterocycles. The zero-order valence-corrected chi connectivity index (χ0v) is 12.7. The van der Waals surface area contributed by atoms with Gasteiger partial charge in [-0.15, -0.1) is 0 Å². The van der Waals surface area contributed by atoms with Crippen molar-refractivity contribution in [3.8, 4) is 0 Å². The molecule has 0 spiro atoms. The Labute approximate surface area is 132 Å². The van der Waals surface area contributed by atoms with Crippen molar-refractivity contribution >= 4 is 29.4 Å². The fourth-order valence-electron chi connectivity index (χ4n) is 2.39. The van der Waals surface area contributed by atoms with Gasteiger partial charge in [0.25, 0.3) is 5.91 Å². The molecule has 1 aliphatic rings. The van der Waals surface area contributed by atoms with Crippen LogP contribution in [0.3, 0.4) is 0 Å². The van der Waals surface area contributed by atoms with E-state index in [0.29, 0.717) is 19.4 Å². The molecule has 2 rings (SSSR count). The summed E-state index contributed by atoms with van der Waals surface area (Å²) in [4.78, 5) is 40.5. The van der Waals surface area contributed by atoms with Crippen molar-refractivity contribution in [1.82, 2.24) is 15.2 Å². The molecule has 2 atom stereocenters. The number of nitrogens with one attached hydrogen (secondary N) is 1. The highest BCUT2D eigenvalue weighted by molar-refractivity contribution is 6.29. The number of carbonyl (C=O) groups is 3. The number of halogens is 1. The second-order valence-electron chi connectivity index (χ2n) is 5.09. The van der Waals surface area contributed by atoms with Crippen molar-refractivity contribution in [1.29, 1.82) is 0 Å². The SMILES string of the molecule is C[C@H](NC(=O)c1ccc(Cl)nc1)C(=O)N1CCC[C@H]1C(=O)O. The van der Waals surface area contributed by atoms with Crippen molar-refractivity contribution in [3.63, 3.8) is 0 Å². The molecule has 1 fully saturated rings. The van der Waals surface area contributed by atoms with Crippen LogP contribution in [0.4, 0.5) is 0 Å². The predicted octanol–water partition coefficient (Wildman–Crippen LogP) is 0.929. The number of hydrogen-bond donors (Lipinski definition) is 2. The molecule has 22 heavy (non-hydrogen) atoms. The highest BCUT2D eigenvalue weighted by atomic mass is 35.5. The minimum atomic E-state index is -1.02. The number of rotatable bonds is 4. The second-order valence-corrected chi connectivity index (χ2v) is 5.48. The third-order valence-corrected chi connectivity index (χ3v) is 3.75. The van der Waals surface area contributed by atoms with Crippen LogP contribution in [0.1, 0.15) is 30.1 Å². The highest BCUT2D eigenvalue weighted by Gasteiger charge is 2.36. The number of likely N-dealkylation sites (tertiary alicyclic amines) is 1. The van der Waals surface area contributed by atoms with Gasteiger partial charge in [0.2, 0.25) is 5.91 Å². The molecule has 0 aliphatic carbocycles. The lowest BCUT2D eigenvalue weighted by molar-refractivity contribution is -0.148. The van der Waals surface area contributed by atoms with Crippen molar-refractivity contribution in [2.45, 2.75) is 31.8 Å². The van der Waals surface area contributed by atoms with E-state index < -0.39 is 29.9 Å². The summed E-state index contributed by atoms with van der Waals surface area (Å²) in [5.74, 6) is -1.89. The molecule has 1 aliphatic heterocycles. The summed E-state index contributed by atoms with van der Waals surface area (Å²) in [6.45, 7) is 1.92. The van der Waals surface area contributed by atoms with Gasteiger partial charge in [0.05, 0.1) is 5.56 Å². The number of carbonyl (C=O) groups excluding carboxylic acids is 2. The van der Waals surface area contributed by atoms with Crippen LogP contribution >= 0.6 is 11.6 Å². The third kappa shape index (κ3) is 3.54. The Morgan fingerprint density at radius 3 is 2.77 bits per heavy atom. The van der Waals surface area contributed by atoms with E-state index in [0.717, 1.165) is 0 Å². The van der Waals surface area contributed by atoms with Gasteiger partial charge in [0, 0.05) is 12.7 Å². The van der Waals surface area contributed by atoms with E-state index in [1.54, 1.807) is 0 Å². The fourth-order valence-corrected chi connectivity index (χ4v) is 2.50. The molecule has 0 saturated carbocycles. The Balaban J connectivity index is 2.00. The molecular weight excluding hydrogens is 310 g/mol. The maximum absolute atomic E-state index is 12.3. The highest BCUT2D eigenvalue weighted by Crippen LogP contribution is 2.18. The second kappa shape index (κ2) is 6.74. The summed E-state index contributed by atoms with van der Waals surface area (Å²) in [6, 6.07) is 1.34. The summed E-state index contributed by atoms with van der Waals surface area (Å²) >= 11 is 5.65. The van der Waals surface area contributed by atoms with Gasteiger partial charge < -0.3 is 15.3 Å². The van der Waals surface area contributed by atoms with Crippen LogP contribution in [0.2, 0.25) is 5.15 Å². The lowest BCUT2D eigenvalue weighted by atomic mass is 10.2. The first-order valence-corrected chi connectivity index (χ1v) is 7.23. The van der Waals surface area contributed by atoms with Gasteiger partial charge in [-0.05, 0) is 31.9 Å². The van der Waals surface area contributed by atoms with Gasteiger partial charge in [-0.1, -0.05) is 11.6 Å². The lowest BCUT2D eigenvalue weighted by Crippen LogP contribution is -2.50. The Bertz CT molecular complexity index is 590. The van der Waals surface area contributed by atoms with Crippen LogP contribution in [0.15, 0.2) is 18.3 Å². The van der Waals surface area contributed by atoms with E-state index in [9.17, 15) is 14.4 Å². The lowest BCUT2D eigenvalue weighted by Gasteiger charge is -2.25. The van der Waals surface area contributed by atoms with Crippen molar-refractivity contribution in [2.75, 3.05) is 6.54 Å². The number of carboxylic acid groups (broad SMARTS) is 1. The molecule has 0 bridgehead atoms. The Morgan fingerprint density at radius 2 is 2.18 bits per heavy atom. The molecule has 0 aromatic carbocycles. The van der Waals surface area contributed by atoms with Crippen LogP contribution in [0.25, 0.3) is 0 Å². The first-order valence-electron chi connectivity index (χ1n) is 6.86. The minimum absolute atomic E-state index is 0.266. The molecule has 1 aromatic heterocycles. The van der Waals surface area contributed by atoms with Crippen molar-refractivity contribution in [2.24, 2.45) is 0 Å². The average Bonchev–Trinajstić information content (AvgIpc) is 2.96. The van der Waals surface area contributed by atoms with E-state index in [2.05, 4.69) is 10.3 Å². The van der Waals surface area contributed by atoms with Gasteiger partial charge in [0.1, 0.15) is 17.2 Å². The van der Waals surface area contributed by atoms with E-state index in [1.807, 2.05) is 0 Å². The molecule has 1 aromatic rings. The van der Waals surface area contributed by atoms with Gasteiger partial charge in [-0.3, -0.25) is 9.59 Å². The molecule has 2 N–H and O–H groups in total. The summed E-state index contributed by atoms with van der Waals surface area (Å²) < 4.78 is 0. The number of pyridine rings is 1. The van der Waals surface area contributed by atoms with Gasteiger partial charge in [-0.25, -0.2) is 9.78 Å². The number of aromatic nitrogens is 1. The molecule has 0 radical (unpaired) electrons. The molecule has 7 nitrogen and oxygen atoms in total. The Kier molecular flexibility index (Phi) is 4.97. The maximum atomic E-state index is 12.3. The zero-order valence-electron chi connectivity index (χ0n) is 12.0. The topological polar surface area (TPSA) is 99.6 Å². The average molecular weight is 326 g/mol. The minimum Gasteiger partial charge on any atom is -0.480 e. The molecule has 118 valence electrons. The van der Waals surface area contributed by atoms with Crippen LogP contribution in [0, 0.1) is 0 Å². The standard InChI is InChI=1S/C14H16ClN3O4/c1-8(13(20)18-6-2-3-10(18)14(21)22)17-12(19)9-4-5-11(15)16-7-9/h4-5,7-8,10H,2-3,6H2,1H3,(H,17,19)(H,21,22)/t8-,10-/m0/s1. The molecular formula is C14H16ClN3O4. The Hall–Kier alpha value is -2.15. The van der Waals surface area contributed by atoms with Crippen LogP contribution in [-0.2, 0) is 9.59 Å². The smallest absolute Gasteiger partial charge is 0.326 e. The van der Waals surface area contributed by atoms with E-state index in [1.165, 1.54) is 30.2 Å². The van der Waals surface area contributed by atoms with Gasteiger partial charge in [0.15, 0.2) is 0 Å². The third-order valence-electron chi connectivity index (χ3n) is 3.53. The zero-order chi connectivity index (χ0) is 16.3. The van der Waals surface area contributed by atoms with Gasteiger partial charge >= 0.3 is 5.97 Å². The van der Waals surface area contributed by atoms with E-state index >= 15 is 0 Å². The predicted molar refractivity (Wildman–Crippen MR) is 78.5 cm³/mol. The molecule has 2 amide bonds. The van der Waals surface area contributed by atoms with E-state index in [4.69, 9.17) is 16.7 Å². The van der Waals surface area contributed by atoms with Crippen LogP contribution in [0.5, 0.6) is 0 Å². The fraction of sp³-hybridized carbons (Fsp3) is 0.429. The maximum Gasteiger partial charge on any atom is 0.326 e. The molecule has 8 heteroatoms. The summed E-state index contributed by atoms with van der Waals surface area (Å²) in [5, 5.41) is 11.9. The largest absolute Gasteiger partial charge is 0.480 e. The van der Waals surface area contributed by atoms with E-state index in [-0.39, 0.29) is 10.7 Å². The first-order chi connectivity index (χ1) is 10.4. The number of nitrogens with zero attached hydrogens (tertiary/aromatic N) is 2. The quantitative estimate of drug-likeness (QED) is 0.802. The number of hydrogen-bond acceptors (Lipinski definition) is 4. The van der Waals surface area contributed by atoms with Crippen LogP contribution < -0.4 is 5.32 Å². The summed E-state index contributed by atoms with van der Waals surface area (Å²) in [5.41, 5.74) is 0.278. The number of carboxylic acids is 1. The Morgan fingerprint density at radius 1 is 1.45 bits per heavy atom. The molecule has 1 saturated heterocycles. The van der Waals surface area contributed by atoms with Crippen molar-refractivity contribution in [3.05, 3.63) is 29.0 Å². The summed E-state index contributed by atoms with van der Waals surface area (Å²) in [7, 11) is 0. The monoisotopic (exact) mass is 325 g/mol. The van der Waals surface area contributed by atoms with Crippen molar-refractivity contribution < 1.29 is 19.5 Å². The first kappa shape index (κ1) is 16.2.